The lowest BCUT2D eigenvalue weighted by atomic mass is 9.96. The molecule has 0 amide bonds. The Kier molecular flexibility index (Phi) is 8.94. The second-order valence-corrected chi connectivity index (χ2v) is 8.80. The molecule has 0 unspecified atom stereocenters. The summed E-state index contributed by atoms with van der Waals surface area (Å²) in [5, 5.41) is 4.70. The lowest BCUT2D eigenvalue weighted by Gasteiger charge is -2.25. The maximum absolute atomic E-state index is 12.4. The summed E-state index contributed by atoms with van der Waals surface area (Å²) in [5.41, 5.74) is 2.18. The molecule has 3 aromatic carbocycles. The standard InChI is InChI=1S/C29H39NO/c1-4-7-9-11-18-30(19-12-10-8-5-2)26-17-16-23-22-28-24(20-25(23)21-26)14-13-15-27(28)29(31)6-3/h13-17,20-22H,4-12,18-19H2,1-3H3. The van der Waals surface area contributed by atoms with Crippen LogP contribution >= 0.6 is 0 Å². The summed E-state index contributed by atoms with van der Waals surface area (Å²) in [7, 11) is 0. The van der Waals surface area contributed by atoms with Crippen LogP contribution in [0.2, 0.25) is 0 Å². The molecule has 31 heavy (non-hydrogen) atoms. The molecule has 3 rings (SSSR count). The first-order valence-corrected chi connectivity index (χ1v) is 12.4. The van der Waals surface area contributed by atoms with Crippen LogP contribution in [0.4, 0.5) is 5.69 Å². The Balaban J connectivity index is 1.89. The van der Waals surface area contributed by atoms with Crippen LogP contribution in [-0.4, -0.2) is 18.9 Å². The Morgan fingerprint density at radius 3 is 2.06 bits per heavy atom. The number of carbonyl (C=O) groups excluding carboxylic acids is 1. The van der Waals surface area contributed by atoms with Gasteiger partial charge in [0, 0.05) is 30.8 Å². The van der Waals surface area contributed by atoms with Gasteiger partial charge < -0.3 is 4.90 Å². The third-order valence-electron chi connectivity index (χ3n) is 6.37. The molecule has 0 bridgehead atoms. The minimum atomic E-state index is 0.215. The highest BCUT2D eigenvalue weighted by Gasteiger charge is 2.11. The Hall–Kier alpha value is -2.35. The molecular weight excluding hydrogens is 378 g/mol. The van der Waals surface area contributed by atoms with Crippen LogP contribution in [0.25, 0.3) is 21.5 Å². The van der Waals surface area contributed by atoms with E-state index < -0.39 is 0 Å². The van der Waals surface area contributed by atoms with Crippen molar-refractivity contribution in [1.82, 2.24) is 0 Å². The van der Waals surface area contributed by atoms with Gasteiger partial charge in [-0.25, -0.2) is 0 Å². The lowest BCUT2D eigenvalue weighted by molar-refractivity contribution is 0.0990. The summed E-state index contributed by atoms with van der Waals surface area (Å²) in [4.78, 5) is 15.0. The van der Waals surface area contributed by atoms with Crippen molar-refractivity contribution in [3.05, 3.63) is 54.1 Å². The molecule has 0 saturated heterocycles. The predicted molar refractivity (Wildman–Crippen MR) is 137 cm³/mol. The fourth-order valence-electron chi connectivity index (χ4n) is 4.47. The Morgan fingerprint density at radius 2 is 1.42 bits per heavy atom. The van der Waals surface area contributed by atoms with Crippen molar-refractivity contribution >= 4 is 33.0 Å². The number of carbonyl (C=O) groups is 1. The smallest absolute Gasteiger partial charge is 0.163 e. The molecule has 0 spiro atoms. The van der Waals surface area contributed by atoms with E-state index in [9.17, 15) is 4.79 Å². The van der Waals surface area contributed by atoms with Crippen LogP contribution in [0, 0.1) is 0 Å². The monoisotopic (exact) mass is 417 g/mol. The zero-order valence-corrected chi connectivity index (χ0v) is 19.8. The van der Waals surface area contributed by atoms with Gasteiger partial charge in [-0.2, -0.15) is 0 Å². The molecule has 0 atom stereocenters. The van der Waals surface area contributed by atoms with Gasteiger partial charge in [0.2, 0.25) is 0 Å². The van der Waals surface area contributed by atoms with E-state index in [-0.39, 0.29) is 5.78 Å². The molecular formula is C29H39NO. The summed E-state index contributed by atoms with van der Waals surface area (Å²) >= 11 is 0. The molecule has 3 aromatic rings. The molecule has 0 aromatic heterocycles. The van der Waals surface area contributed by atoms with Crippen LogP contribution in [0.3, 0.4) is 0 Å². The highest BCUT2D eigenvalue weighted by Crippen LogP contribution is 2.29. The van der Waals surface area contributed by atoms with Gasteiger partial charge in [0.05, 0.1) is 0 Å². The molecule has 2 heteroatoms. The third-order valence-corrected chi connectivity index (χ3v) is 6.37. The summed E-state index contributed by atoms with van der Waals surface area (Å²) in [6.45, 7) is 8.76. The summed E-state index contributed by atoms with van der Waals surface area (Å²) in [5.74, 6) is 0.215. The van der Waals surface area contributed by atoms with E-state index in [1.807, 2.05) is 19.1 Å². The highest BCUT2D eigenvalue weighted by molar-refractivity contribution is 6.11. The number of rotatable bonds is 13. The van der Waals surface area contributed by atoms with Gasteiger partial charge in [0.15, 0.2) is 5.78 Å². The Bertz CT molecular complexity index is 979. The van der Waals surface area contributed by atoms with E-state index in [2.05, 4.69) is 55.1 Å². The average molecular weight is 418 g/mol. The van der Waals surface area contributed by atoms with Gasteiger partial charge in [-0.15, -0.1) is 0 Å². The Morgan fingerprint density at radius 1 is 0.710 bits per heavy atom. The van der Waals surface area contributed by atoms with E-state index in [1.165, 1.54) is 67.8 Å². The van der Waals surface area contributed by atoms with Crippen LogP contribution < -0.4 is 4.90 Å². The van der Waals surface area contributed by atoms with Crippen molar-refractivity contribution in [2.75, 3.05) is 18.0 Å². The third kappa shape index (κ3) is 6.09. The largest absolute Gasteiger partial charge is 0.372 e. The molecule has 166 valence electrons. The van der Waals surface area contributed by atoms with Crippen molar-refractivity contribution in [3.8, 4) is 0 Å². The second kappa shape index (κ2) is 11.9. The number of anilines is 1. The lowest BCUT2D eigenvalue weighted by Crippen LogP contribution is -2.25. The number of unbranched alkanes of at least 4 members (excludes halogenated alkanes) is 6. The number of ketones is 1. The minimum Gasteiger partial charge on any atom is -0.372 e. The zero-order chi connectivity index (χ0) is 22.1. The predicted octanol–water partition coefficient (Wildman–Crippen LogP) is 8.55. The second-order valence-electron chi connectivity index (χ2n) is 8.80. The number of hydrogen-bond acceptors (Lipinski definition) is 2. The molecule has 0 aliphatic rings. The first-order valence-electron chi connectivity index (χ1n) is 12.4. The SMILES string of the molecule is CCCCCCN(CCCCCC)c1ccc2cc3c(C(=O)CC)cccc3cc2c1. The van der Waals surface area contributed by atoms with Gasteiger partial charge in [-0.1, -0.05) is 83.6 Å². The molecule has 0 N–H and O–H groups in total. The molecule has 0 aliphatic carbocycles. The number of nitrogens with zero attached hydrogens (tertiary/aromatic N) is 1. The molecule has 0 aliphatic heterocycles. The highest BCUT2D eigenvalue weighted by atomic mass is 16.1. The normalized spacial score (nSPS) is 11.3. The van der Waals surface area contributed by atoms with E-state index in [0.29, 0.717) is 6.42 Å². The quantitative estimate of drug-likeness (QED) is 0.158. The van der Waals surface area contributed by atoms with Gasteiger partial charge in [-0.3, -0.25) is 4.79 Å². The number of fused-ring (bicyclic) bond motifs is 2. The first-order chi connectivity index (χ1) is 15.2. The topological polar surface area (TPSA) is 20.3 Å². The van der Waals surface area contributed by atoms with Crippen LogP contribution in [0.15, 0.2) is 48.5 Å². The minimum absolute atomic E-state index is 0.215. The van der Waals surface area contributed by atoms with Gasteiger partial charge >= 0.3 is 0 Å². The number of Topliss-reactive ketones (excluding diaryl/α,β-unsaturated/α-hetero) is 1. The fraction of sp³-hybridized carbons (Fsp3) is 0.483. The van der Waals surface area contributed by atoms with Gasteiger partial charge in [0.25, 0.3) is 0 Å². The van der Waals surface area contributed by atoms with E-state index in [1.54, 1.807) is 0 Å². The fourth-order valence-corrected chi connectivity index (χ4v) is 4.47. The van der Waals surface area contributed by atoms with Crippen LogP contribution in [0.1, 0.15) is 88.9 Å². The van der Waals surface area contributed by atoms with Crippen LogP contribution in [-0.2, 0) is 0 Å². The summed E-state index contributed by atoms with van der Waals surface area (Å²) in [6, 6.07) is 17.4. The maximum Gasteiger partial charge on any atom is 0.163 e. The van der Waals surface area contributed by atoms with Crippen molar-refractivity contribution < 1.29 is 4.79 Å². The number of benzene rings is 3. The molecule has 0 saturated carbocycles. The maximum atomic E-state index is 12.4. The van der Waals surface area contributed by atoms with E-state index >= 15 is 0 Å². The van der Waals surface area contributed by atoms with Crippen molar-refractivity contribution in [2.45, 2.75) is 78.6 Å². The zero-order valence-electron chi connectivity index (χ0n) is 19.8. The summed E-state index contributed by atoms with van der Waals surface area (Å²) < 4.78 is 0. The van der Waals surface area contributed by atoms with E-state index in [0.717, 1.165) is 29.4 Å². The molecule has 0 radical (unpaired) electrons. The van der Waals surface area contributed by atoms with Crippen LogP contribution in [0.5, 0.6) is 0 Å². The van der Waals surface area contributed by atoms with E-state index in [4.69, 9.17) is 0 Å². The number of hydrogen-bond donors (Lipinski definition) is 0. The van der Waals surface area contributed by atoms with Gasteiger partial charge in [0.1, 0.15) is 0 Å². The molecule has 2 nitrogen and oxygen atoms in total. The van der Waals surface area contributed by atoms with Crippen molar-refractivity contribution in [3.63, 3.8) is 0 Å². The molecule has 0 heterocycles. The Labute approximate surface area is 188 Å². The van der Waals surface area contributed by atoms with Gasteiger partial charge in [-0.05, 0) is 58.7 Å². The summed E-state index contributed by atoms with van der Waals surface area (Å²) in [6.07, 6.45) is 10.9. The van der Waals surface area contributed by atoms with Crippen molar-refractivity contribution in [1.29, 1.82) is 0 Å². The van der Waals surface area contributed by atoms with Crippen molar-refractivity contribution in [2.24, 2.45) is 0 Å². The first kappa shape index (κ1) is 23.3. The average Bonchev–Trinajstić information content (AvgIpc) is 2.80. The molecule has 0 fully saturated rings.